The highest BCUT2D eigenvalue weighted by molar-refractivity contribution is 7.92. The van der Waals surface area contributed by atoms with E-state index in [1.807, 2.05) is 37.3 Å². The van der Waals surface area contributed by atoms with E-state index in [0.717, 1.165) is 17.7 Å². The minimum absolute atomic E-state index is 0.0117. The molecule has 0 radical (unpaired) electrons. The molecule has 0 atom stereocenters. The topological polar surface area (TPSA) is 127 Å². The monoisotopic (exact) mass is 435 g/mol. The van der Waals surface area contributed by atoms with Crippen molar-refractivity contribution in [3.05, 3.63) is 88.5 Å². The second-order valence-electron chi connectivity index (χ2n) is 6.76. The van der Waals surface area contributed by atoms with Crippen LogP contribution >= 0.6 is 0 Å². The number of benzene rings is 3. The highest BCUT2D eigenvalue weighted by atomic mass is 32.2. The number of anilines is 3. The molecule has 0 bridgehead atoms. The third kappa shape index (κ3) is 4.43. The van der Waals surface area contributed by atoms with E-state index >= 15 is 0 Å². The molecule has 0 spiro atoms. The van der Waals surface area contributed by atoms with E-state index < -0.39 is 14.9 Å². The molecular weight excluding hydrogens is 418 g/mol. The predicted octanol–water partition coefficient (Wildman–Crippen LogP) is 4.39. The van der Waals surface area contributed by atoms with Crippen molar-refractivity contribution in [2.75, 3.05) is 10.0 Å². The molecule has 0 aliphatic rings. The highest BCUT2D eigenvalue weighted by Crippen LogP contribution is 2.27. The van der Waals surface area contributed by atoms with E-state index in [1.165, 1.54) is 12.1 Å². The van der Waals surface area contributed by atoms with Gasteiger partial charge in [-0.15, -0.1) is 0 Å². The Bertz CT molecular complexity index is 1370. The summed E-state index contributed by atoms with van der Waals surface area (Å²) >= 11 is 0. The molecule has 10 heteroatoms. The molecule has 1 heterocycles. The summed E-state index contributed by atoms with van der Waals surface area (Å²) in [5, 5.41) is 13.9. The van der Waals surface area contributed by atoms with Crippen molar-refractivity contribution >= 4 is 44.1 Å². The van der Waals surface area contributed by atoms with E-state index in [-0.39, 0.29) is 22.2 Å². The molecule has 0 fully saturated rings. The van der Waals surface area contributed by atoms with Gasteiger partial charge >= 0.3 is 0 Å². The average Bonchev–Trinajstić information content (AvgIpc) is 2.75. The second kappa shape index (κ2) is 8.00. The number of nitrogens with one attached hydrogen (secondary N) is 2. The van der Waals surface area contributed by atoms with Gasteiger partial charge in [0, 0.05) is 17.8 Å². The van der Waals surface area contributed by atoms with Crippen LogP contribution in [-0.4, -0.2) is 23.3 Å². The minimum Gasteiger partial charge on any atom is -0.337 e. The molecular formula is C21H17N5O4S. The van der Waals surface area contributed by atoms with E-state index in [2.05, 4.69) is 20.0 Å². The number of sulfonamides is 1. The van der Waals surface area contributed by atoms with Crippen LogP contribution in [-0.2, 0) is 10.0 Å². The van der Waals surface area contributed by atoms with E-state index in [4.69, 9.17) is 0 Å². The van der Waals surface area contributed by atoms with Gasteiger partial charge in [0.1, 0.15) is 0 Å². The molecule has 156 valence electrons. The molecule has 2 N–H and O–H groups in total. The first-order chi connectivity index (χ1) is 14.8. The van der Waals surface area contributed by atoms with E-state index in [9.17, 15) is 18.5 Å². The van der Waals surface area contributed by atoms with Crippen LogP contribution in [0, 0.1) is 17.0 Å². The van der Waals surface area contributed by atoms with Crippen LogP contribution < -0.4 is 10.0 Å². The van der Waals surface area contributed by atoms with Crippen LogP contribution in [0.2, 0.25) is 0 Å². The fraction of sp³-hybridized carbons (Fsp3) is 0.0476. The molecule has 0 aliphatic heterocycles. The lowest BCUT2D eigenvalue weighted by Crippen LogP contribution is -2.16. The van der Waals surface area contributed by atoms with Crippen molar-refractivity contribution in [2.24, 2.45) is 0 Å². The standard InChI is InChI=1S/C21H17N5O4S/c1-14-6-8-15(9-7-14)22-20-21(24-19-5-3-2-4-18(19)23-20)25-31(29,30)17-12-10-16(11-13-17)26(27)28/h2-13H,1H3,(H,22,23)(H,24,25). The fourth-order valence-corrected chi connectivity index (χ4v) is 3.87. The number of nitrogens with zero attached hydrogens (tertiary/aromatic N) is 3. The number of nitro benzene ring substituents is 1. The fourth-order valence-electron chi connectivity index (χ4n) is 2.87. The molecule has 0 saturated heterocycles. The zero-order chi connectivity index (χ0) is 22.0. The third-order valence-corrected chi connectivity index (χ3v) is 5.83. The molecule has 4 aromatic rings. The van der Waals surface area contributed by atoms with Crippen molar-refractivity contribution in [3.63, 3.8) is 0 Å². The number of nitro groups is 1. The first-order valence-corrected chi connectivity index (χ1v) is 10.7. The van der Waals surface area contributed by atoms with Crippen molar-refractivity contribution in [1.29, 1.82) is 0 Å². The summed E-state index contributed by atoms with van der Waals surface area (Å²) in [6, 6.07) is 19.2. The van der Waals surface area contributed by atoms with Crippen LogP contribution in [0.1, 0.15) is 5.56 Å². The maximum Gasteiger partial charge on any atom is 0.269 e. The Labute approximate surface area is 178 Å². The Hall–Kier alpha value is -4.05. The van der Waals surface area contributed by atoms with Crippen LogP contribution in [0.5, 0.6) is 0 Å². The maximum absolute atomic E-state index is 12.9. The molecule has 4 rings (SSSR count). The Kier molecular flexibility index (Phi) is 5.22. The van der Waals surface area contributed by atoms with Gasteiger partial charge in [0.25, 0.3) is 15.7 Å². The number of para-hydroxylation sites is 2. The summed E-state index contributed by atoms with van der Waals surface area (Å²) in [5.74, 6) is 0.241. The second-order valence-corrected chi connectivity index (χ2v) is 8.44. The smallest absolute Gasteiger partial charge is 0.269 e. The highest BCUT2D eigenvalue weighted by Gasteiger charge is 2.20. The van der Waals surface area contributed by atoms with Crippen LogP contribution in [0.15, 0.2) is 77.7 Å². The molecule has 0 aliphatic carbocycles. The van der Waals surface area contributed by atoms with Crippen LogP contribution in [0.3, 0.4) is 0 Å². The van der Waals surface area contributed by atoms with Crippen molar-refractivity contribution in [1.82, 2.24) is 9.97 Å². The summed E-state index contributed by atoms with van der Waals surface area (Å²) in [6.45, 7) is 1.96. The van der Waals surface area contributed by atoms with E-state index in [0.29, 0.717) is 16.7 Å². The number of fused-ring (bicyclic) bond motifs is 1. The number of rotatable bonds is 6. The Morgan fingerprint density at radius 3 is 2.00 bits per heavy atom. The molecule has 9 nitrogen and oxygen atoms in total. The van der Waals surface area contributed by atoms with Gasteiger partial charge in [0.15, 0.2) is 11.6 Å². The molecule has 1 aromatic heterocycles. The average molecular weight is 435 g/mol. The molecule has 0 unspecified atom stereocenters. The number of non-ortho nitro benzene ring substituents is 1. The van der Waals surface area contributed by atoms with Gasteiger partial charge in [0.05, 0.1) is 20.9 Å². The van der Waals surface area contributed by atoms with Crippen molar-refractivity contribution in [2.45, 2.75) is 11.8 Å². The summed E-state index contributed by atoms with van der Waals surface area (Å²) in [4.78, 5) is 19.0. The summed E-state index contributed by atoms with van der Waals surface area (Å²) in [5.41, 5.74) is 2.69. The zero-order valence-electron chi connectivity index (χ0n) is 16.3. The van der Waals surface area contributed by atoms with Crippen molar-refractivity contribution < 1.29 is 13.3 Å². The first-order valence-electron chi connectivity index (χ1n) is 9.19. The predicted molar refractivity (Wildman–Crippen MR) is 118 cm³/mol. The maximum atomic E-state index is 12.9. The largest absolute Gasteiger partial charge is 0.337 e. The molecule has 31 heavy (non-hydrogen) atoms. The van der Waals surface area contributed by atoms with Gasteiger partial charge in [0.2, 0.25) is 0 Å². The van der Waals surface area contributed by atoms with Crippen LogP contribution in [0.4, 0.5) is 23.0 Å². The quantitative estimate of drug-likeness (QED) is 0.340. The number of hydrogen-bond acceptors (Lipinski definition) is 7. The number of aromatic nitrogens is 2. The SMILES string of the molecule is Cc1ccc(Nc2nc3ccccc3nc2NS(=O)(=O)c2ccc([N+](=O)[O-])cc2)cc1. The lowest BCUT2D eigenvalue weighted by Gasteiger charge is -2.14. The van der Waals surface area contributed by atoms with Crippen molar-refractivity contribution in [3.8, 4) is 0 Å². The molecule has 3 aromatic carbocycles. The zero-order valence-corrected chi connectivity index (χ0v) is 17.1. The first kappa shape index (κ1) is 20.2. The summed E-state index contributed by atoms with van der Waals surface area (Å²) < 4.78 is 28.2. The molecule has 0 amide bonds. The number of aryl methyl sites for hydroxylation is 1. The third-order valence-electron chi connectivity index (χ3n) is 4.47. The van der Waals surface area contributed by atoms with E-state index in [1.54, 1.807) is 18.2 Å². The summed E-state index contributed by atoms with van der Waals surface area (Å²) in [6.07, 6.45) is 0. The van der Waals surface area contributed by atoms with Gasteiger partial charge in [-0.2, -0.15) is 0 Å². The normalized spacial score (nSPS) is 11.3. The summed E-state index contributed by atoms with van der Waals surface area (Å²) in [7, 11) is -4.06. The number of hydrogen-bond donors (Lipinski definition) is 2. The Morgan fingerprint density at radius 2 is 1.42 bits per heavy atom. The molecule has 0 saturated carbocycles. The van der Waals surface area contributed by atoms with Gasteiger partial charge < -0.3 is 5.32 Å². The minimum atomic E-state index is -4.06. The lowest BCUT2D eigenvalue weighted by molar-refractivity contribution is -0.384. The Balaban J connectivity index is 1.74. The van der Waals surface area contributed by atoms with Gasteiger partial charge in [-0.25, -0.2) is 18.4 Å². The van der Waals surface area contributed by atoms with Gasteiger partial charge in [-0.1, -0.05) is 29.8 Å². The van der Waals surface area contributed by atoms with Crippen LogP contribution in [0.25, 0.3) is 11.0 Å². The lowest BCUT2D eigenvalue weighted by atomic mass is 10.2. The van der Waals surface area contributed by atoms with Gasteiger partial charge in [-0.3, -0.25) is 14.8 Å². The Morgan fingerprint density at radius 1 is 0.839 bits per heavy atom. The van der Waals surface area contributed by atoms with Gasteiger partial charge in [-0.05, 0) is 43.3 Å².